The molecule has 0 spiro atoms. The van der Waals surface area contributed by atoms with Gasteiger partial charge in [-0.1, -0.05) is 26.0 Å². The summed E-state index contributed by atoms with van der Waals surface area (Å²) < 4.78 is 7.69. The van der Waals surface area contributed by atoms with E-state index in [0.717, 1.165) is 31.9 Å². The molecule has 112 valence electrons. The molecule has 4 heteroatoms. The number of ether oxygens (including phenoxy) is 1. The number of benzene rings is 1. The third kappa shape index (κ3) is 3.27. The Morgan fingerprint density at radius 3 is 3.05 bits per heavy atom. The molecule has 0 amide bonds. The van der Waals surface area contributed by atoms with Crippen molar-refractivity contribution in [3.63, 3.8) is 0 Å². The molecule has 1 atom stereocenters. The molecule has 0 bridgehead atoms. The van der Waals surface area contributed by atoms with Crippen molar-refractivity contribution in [3.05, 3.63) is 48.0 Å². The van der Waals surface area contributed by atoms with Gasteiger partial charge in [-0.2, -0.15) is 0 Å². The number of imidazole rings is 1. The predicted molar refractivity (Wildman–Crippen MR) is 83.4 cm³/mol. The fraction of sp³-hybridized carbons (Fsp3) is 0.471. The highest BCUT2D eigenvalue weighted by Crippen LogP contribution is 2.30. The zero-order chi connectivity index (χ0) is 14.7. The topological polar surface area (TPSA) is 39.1 Å². The second kappa shape index (κ2) is 6.31. The van der Waals surface area contributed by atoms with E-state index in [1.54, 1.807) is 0 Å². The fourth-order valence-corrected chi connectivity index (χ4v) is 2.91. The average Bonchev–Trinajstić information content (AvgIpc) is 3.13. The third-order valence-electron chi connectivity index (χ3n) is 4.03. The highest BCUT2D eigenvalue weighted by atomic mass is 16.5. The number of hydrogen-bond donors (Lipinski definition) is 1. The summed E-state index contributed by atoms with van der Waals surface area (Å²) in [5.74, 6) is 1.60. The highest BCUT2D eigenvalue weighted by molar-refractivity contribution is 5.40. The van der Waals surface area contributed by atoms with E-state index < -0.39 is 0 Å². The van der Waals surface area contributed by atoms with Crippen LogP contribution in [0.15, 0.2) is 36.9 Å². The molecule has 1 aliphatic heterocycles. The van der Waals surface area contributed by atoms with E-state index in [1.807, 2.05) is 18.7 Å². The summed E-state index contributed by atoms with van der Waals surface area (Å²) in [6.07, 6.45) is 6.71. The SMILES string of the molecule is CC(C)[C@H](NCCn1ccnc1)c1ccc2c(c1)CCO2. The van der Waals surface area contributed by atoms with E-state index in [1.165, 1.54) is 11.1 Å². The Morgan fingerprint density at radius 1 is 1.38 bits per heavy atom. The van der Waals surface area contributed by atoms with Crippen LogP contribution >= 0.6 is 0 Å². The van der Waals surface area contributed by atoms with Crippen LogP contribution in [0.25, 0.3) is 0 Å². The number of aromatic nitrogens is 2. The minimum absolute atomic E-state index is 0.374. The van der Waals surface area contributed by atoms with Gasteiger partial charge in [-0.25, -0.2) is 4.98 Å². The maximum atomic E-state index is 5.59. The van der Waals surface area contributed by atoms with Crippen LogP contribution < -0.4 is 10.1 Å². The second-order valence-electron chi connectivity index (χ2n) is 5.94. The lowest BCUT2D eigenvalue weighted by Crippen LogP contribution is -2.28. The Balaban J connectivity index is 1.66. The normalized spacial score (nSPS) is 15.0. The van der Waals surface area contributed by atoms with Gasteiger partial charge in [0.05, 0.1) is 12.9 Å². The summed E-state index contributed by atoms with van der Waals surface area (Å²) in [7, 11) is 0. The summed E-state index contributed by atoms with van der Waals surface area (Å²) in [5, 5.41) is 3.68. The molecule has 0 aliphatic carbocycles. The van der Waals surface area contributed by atoms with Crippen LogP contribution in [0, 0.1) is 5.92 Å². The van der Waals surface area contributed by atoms with Gasteiger partial charge in [0.1, 0.15) is 5.75 Å². The molecule has 0 fully saturated rings. The van der Waals surface area contributed by atoms with Gasteiger partial charge in [0, 0.05) is 37.9 Å². The van der Waals surface area contributed by atoms with Crippen LogP contribution in [-0.4, -0.2) is 22.7 Å². The summed E-state index contributed by atoms with van der Waals surface area (Å²) in [6, 6.07) is 6.99. The number of nitrogens with one attached hydrogen (secondary N) is 1. The summed E-state index contributed by atoms with van der Waals surface area (Å²) in [4.78, 5) is 4.07. The fourth-order valence-electron chi connectivity index (χ4n) is 2.91. The van der Waals surface area contributed by atoms with Crippen molar-refractivity contribution in [3.8, 4) is 5.75 Å². The van der Waals surface area contributed by atoms with Gasteiger partial charge in [-0.3, -0.25) is 0 Å². The lowest BCUT2D eigenvalue weighted by molar-refractivity contribution is 0.356. The molecule has 0 unspecified atom stereocenters. The molecule has 1 aliphatic rings. The van der Waals surface area contributed by atoms with Crippen molar-refractivity contribution in [1.82, 2.24) is 14.9 Å². The largest absolute Gasteiger partial charge is 0.493 e. The first-order valence-corrected chi connectivity index (χ1v) is 7.69. The van der Waals surface area contributed by atoms with Gasteiger partial charge in [-0.05, 0) is 23.1 Å². The van der Waals surface area contributed by atoms with Crippen molar-refractivity contribution >= 4 is 0 Å². The predicted octanol–water partition coefficient (Wildman–Crippen LogP) is 2.80. The van der Waals surface area contributed by atoms with Crippen LogP contribution in [-0.2, 0) is 13.0 Å². The number of rotatable bonds is 6. The minimum Gasteiger partial charge on any atom is -0.493 e. The van der Waals surface area contributed by atoms with Crippen LogP contribution in [0.2, 0.25) is 0 Å². The van der Waals surface area contributed by atoms with Gasteiger partial charge in [0.15, 0.2) is 0 Å². The lowest BCUT2D eigenvalue weighted by Gasteiger charge is -2.23. The van der Waals surface area contributed by atoms with Crippen LogP contribution in [0.5, 0.6) is 5.75 Å². The maximum Gasteiger partial charge on any atom is 0.122 e. The summed E-state index contributed by atoms with van der Waals surface area (Å²) >= 11 is 0. The molecule has 0 saturated heterocycles. The van der Waals surface area contributed by atoms with Gasteiger partial charge in [0.25, 0.3) is 0 Å². The molecule has 2 aromatic rings. The number of nitrogens with zero attached hydrogens (tertiary/aromatic N) is 2. The first kappa shape index (κ1) is 14.1. The summed E-state index contributed by atoms with van der Waals surface area (Å²) in [5.41, 5.74) is 2.70. The molecule has 1 aromatic carbocycles. The van der Waals surface area contributed by atoms with Gasteiger partial charge in [-0.15, -0.1) is 0 Å². The number of fused-ring (bicyclic) bond motifs is 1. The van der Waals surface area contributed by atoms with Crippen molar-refractivity contribution in [2.24, 2.45) is 5.92 Å². The van der Waals surface area contributed by atoms with Crippen molar-refractivity contribution in [2.75, 3.05) is 13.2 Å². The monoisotopic (exact) mass is 285 g/mol. The van der Waals surface area contributed by atoms with E-state index in [-0.39, 0.29) is 0 Å². The zero-order valence-corrected chi connectivity index (χ0v) is 12.7. The van der Waals surface area contributed by atoms with Crippen LogP contribution in [0.3, 0.4) is 0 Å². The van der Waals surface area contributed by atoms with E-state index >= 15 is 0 Å². The van der Waals surface area contributed by atoms with Gasteiger partial charge < -0.3 is 14.6 Å². The molecular weight excluding hydrogens is 262 g/mol. The standard InChI is InChI=1S/C17H23N3O/c1-13(2)17(19-7-9-20-8-6-18-12-20)15-3-4-16-14(11-15)5-10-21-16/h3-4,6,8,11-13,17,19H,5,7,9-10H2,1-2H3/t17-/m0/s1. The molecule has 0 saturated carbocycles. The highest BCUT2D eigenvalue weighted by Gasteiger charge is 2.19. The van der Waals surface area contributed by atoms with E-state index in [9.17, 15) is 0 Å². The minimum atomic E-state index is 0.374. The molecule has 0 radical (unpaired) electrons. The Kier molecular flexibility index (Phi) is 4.25. The van der Waals surface area contributed by atoms with Gasteiger partial charge >= 0.3 is 0 Å². The molecule has 21 heavy (non-hydrogen) atoms. The van der Waals surface area contributed by atoms with Crippen molar-refractivity contribution in [2.45, 2.75) is 32.9 Å². The molecule has 4 nitrogen and oxygen atoms in total. The first-order valence-electron chi connectivity index (χ1n) is 7.69. The van der Waals surface area contributed by atoms with Crippen molar-refractivity contribution < 1.29 is 4.74 Å². The van der Waals surface area contributed by atoms with Gasteiger partial charge in [0.2, 0.25) is 0 Å². The Bertz CT molecular complexity index is 578. The van der Waals surface area contributed by atoms with E-state index in [4.69, 9.17) is 4.74 Å². The van der Waals surface area contributed by atoms with E-state index in [2.05, 4.69) is 46.9 Å². The molecular formula is C17H23N3O. The number of hydrogen-bond acceptors (Lipinski definition) is 3. The Morgan fingerprint density at radius 2 is 2.29 bits per heavy atom. The van der Waals surface area contributed by atoms with Crippen molar-refractivity contribution in [1.29, 1.82) is 0 Å². The molecule has 2 heterocycles. The summed E-state index contributed by atoms with van der Waals surface area (Å²) in [6.45, 7) is 7.22. The second-order valence-corrected chi connectivity index (χ2v) is 5.94. The quantitative estimate of drug-likeness (QED) is 0.887. The Labute approximate surface area is 126 Å². The molecule has 1 aromatic heterocycles. The molecule has 1 N–H and O–H groups in total. The van der Waals surface area contributed by atoms with E-state index in [0.29, 0.717) is 12.0 Å². The lowest BCUT2D eigenvalue weighted by atomic mass is 9.94. The Hall–Kier alpha value is -1.81. The smallest absolute Gasteiger partial charge is 0.122 e. The third-order valence-corrected chi connectivity index (χ3v) is 4.03. The molecule has 3 rings (SSSR count). The maximum absolute atomic E-state index is 5.59. The van der Waals surface area contributed by atoms with Crippen LogP contribution in [0.4, 0.5) is 0 Å². The van der Waals surface area contributed by atoms with Crippen LogP contribution in [0.1, 0.15) is 31.0 Å². The zero-order valence-electron chi connectivity index (χ0n) is 12.7. The average molecular weight is 285 g/mol. The first-order chi connectivity index (χ1) is 10.2.